The van der Waals surface area contributed by atoms with Crippen LogP contribution in [0, 0.1) is 0 Å². The van der Waals surface area contributed by atoms with Crippen molar-refractivity contribution >= 4 is 5.78 Å². The Kier molecular flexibility index (Phi) is 3.06. The summed E-state index contributed by atoms with van der Waals surface area (Å²) in [4.78, 5) is 15.9. The van der Waals surface area contributed by atoms with E-state index in [4.69, 9.17) is 5.73 Å². The molecule has 0 saturated heterocycles. The largest absolute Gasteiger partial charge is 0.332 e. The number of carbonyl (C=O) groups excluding carboxylic acids is 1. The number of aromatic nitrogens is 2. The van der Waals surface area contributed by atoms with Gasteiger partial charge in [-0.3, -0.25) is 4.79 Å². The third kappa shape index (κ3) is 2.01. The summed E-state index contributed by atoms with van der Waals surface area (Å²) in [7, 11) is 1.79. The number of Topliss-reactive ketones (excluding diaryl/α,β-unsaturated/α-hetero) is 1. The molecule has 0 aliphatic heterocycles. The Hall–Kier alpha value is -1.16. The predicted octanol–water partition coefficient (Wildman–Crippen LogP) is 1.12. The summed E-state index contributed by atoms with van der Waals surface area (Å²) >= 11 is 0. The maximum absolute atomic E-state index is 11.9. The van der Waals surface area contributed by atoms with Gasteiger partial charge in [-0.2, -0.15) is 0 Å². The van der Waals surface area contributed by atoms with E-state index < -0.39 is 5.54 Å². The molecule has 4 heteroatoms. The minimum atomic E-state index is -0.798. The monoisotopic (exact) mass is 195 g/mol. The summed E-state index contributed by atoms with van der Waals surface area (Å²) in [6, 6.07) is 0. The number of aryl methyl sites for hydroxylation is 1. The lowest BCUT2D eigenvalue weighted by Crippen LogP contribution is -2.45. The third-order valence-electron chi connectivity index (χ3n) is 2.31. The van der Waals surface area contributed by atoms with Gasteiger partial charge in [0.25, 0.3) is 0 Å². The van der Waals surface area contributed by atoms with Crippen molar-refractivity contribution in [2.24, 2.45) is 12.8 Å². The van der Waals surface area contributed by atoms with Crippen LogP contribution in [0.4, 0.5) is 0 Å². The second-order valence-electron chi connectivity index (χ2n) is 3.86. The van der Waals surface area contributed by atoms with Crippen LogP contribution in [0.1, 0.15) is 37.3 Å². The van der Waals surface area contributed by atoms with Crippen LogP contribution < -0.4 is 5.73 Å². The van der Waals surface area contributed by atoms with Gasteiger partial charge < -0.3 is 10.3 Å². The van der Waals surface area contributed by atoms with E-state index in [1.54, 1.807) is 30.9 Å². The average molecular weight is 195 g/mol. The molecule has 2 N–H and O–H groups in total. The van der Waals surface area contributed by atoms with Crippen LogP contribution in [-0.2, 0) is 7.05 Å². The molecule has 0 radical (unpaired) electrons. The second-order valence-corrected chi connectivity index (χ2v) is 3.86. The van der Waals surface area contributed by atoms with E-state index in [9.17, 15) is 4.79 Å². The number of carbonyl (C=O) groups is 1. The third-order valence-corrected chi connectivity index (χ3v) is 2.31. The molecule has 78 valence electrons. The van der Waals surface area contributed by atoms with Crippen molar-refractivity contribution in [1.29, 1.82) is 0 Å². The zero-order valence-electron chi connectivity index (χ0n) is 8.95. The van der Waals surface area contributed by atoms with Crippen LogP contribution in [0.5, 0.6) is 0 Å². The van der Waals surface area contributed by atoms with E-state index in [-0.39, 0.29) is 5.78 Å². The van der Waals surface area contributed by atoms with E-state index in [0.29, 0.717) is 12.2 Å². The first kappa shape index (κ1) is 10.9. The Balaban J connectivity index is 2.90. The molecule has 0 aliphatic rings. The minimum absolute atomic E-state index is 0.0909. The van der Waals surface area contributed by atoms with Crippen LogP contribution in [-0.4, -0.2) is 20.9 Å². The quantitative estimate of drug-likeness (QED) is 0.732. The summed E-state index contributed by atoms with van der Waals surface area (Å²) in [5.74, 6) is 0.343. The van der Waals surface area contributed by atoms with Crippen LogP contribution >= 0.6 is 0 Å². The normalized spacial score (nSPS) is 15.1. The molecular formula is C10H17N3O. The minimum Gasteiger partial charge on any atom is -0.332 e. The lowest BCUT2D eigenvalue weighted by molar-refractivity contribution is 0.0879. The molecule has 1 unspecified atom stereocenters. The summed E-state index contributed by atoms with van der Waals surface area (Å²) < 4.78 is 1.70. The van der Waals surface area contributed by atoms with Gasteiger partial charge in [0.05, 0.1) is 5.54 Å². The van der Waals surface area contributed by atoms with Crippen LogP contribution in [0.15, 0.2) is 12.4 Å². The fourth-order valence-corrected chi connectivity index (χ4v) is 1.47. The fourth-order valence-electron chi connectivity index (χ4n) is 1.47. The van der Waals surface area contributed by atoms with Crippen LogP contribution in [0.3, 0.4) is 0 Å². The van der Waals surface area contributed by atoms with Crippen molar-refractivity contribution in [3.05, 3.63) is 18.2 Å². The number of hydrogen-bond donors (Lipinski definition) is 1. The maximum atomic E-state index is 11.9. The number of rotatable bonds is 4. The van der Waals surface area contributed by atoms with Gasteiger partial charge in [-0.25, -0.2) is 4.98 Å². The molecule has 0 amide bonds. The fraction of sp³-hybridized carbons (Fsp3) is 0.600. The number of imidazole rings is 1. The van der Waals surface area contributed by atoms with Gasteiger partial charge in [0, 0.05) is 19.4 Å². The Bertz CT molecular complexity index is 328. The van der Waals surface area contributed by atoms with Crippen molar-refractivity contribution in [2.45, 2.75) is 32.2 Å². The van der Waals surface area contributed by atoms with Gasteiger partial charge in [-0.05, 0) is 13.3 Å². The average Bonchev–Trinajstić information content (AvgIpc) is 2.50. The van der Waals surface area contributed by atoms with Crippen LogP contribution in [0.2, 0.25) is 0 Å². The molecular weight excluding hydrogens is 178 g/mol. The SMILES string of the molecule is CCCC(C)(N)C(=O)c1nccn1C. The van der Waals surface area contributed by atoms with E-state index in [2.05, 4.69) is 4.98 Å². The van der Waals surface area contributed by atoms with Gasteiger partial charge in [0.15, 0.2) is 5.82 Å². The van der Waals surface area contributed by atoms with Crippen molar-refractivity contribution in [3.8, 4) is 0 Å². The van der Waals surface area contributed by atoms with Gasteiger partial charge >= 0.3 is 0 Å². The van der Waals surface area contributed by atoms with Gasteiger partial charge in [-0.15, -0.1) is 0 Å². The zero-order chi connectivity index (χ0) is 10.8. The molecule has 0 aliphatic carbocycles. The lowest BCUT2D eigenvalue weighted by Gasteiger charge is -2.21. The standard InChI is InChI=1S/C10H17N3O/c1-4-5-10(2,11)8(14)9-12-6-7-13(9)3/h6-7H,4-5,11H2,1-3H3. The Labute approximate surface area is 84.1 Å². The first-order chi connectivity index (χ1) is 6.49. The second kappa shape index (κ2) is 3.92. The topological polar surface area (TPSA) is 60.9 Å². The number of ketones is 1. The molecule has 0 fully saturated rings. The van der Waals surface area contributed by atoms with E-state index in [1.165, 1.54) is 0 Å². The lowest BCUT2D eigenvalue weighted by atomic mass is 9.92. The van der Waals surface area contributed by atoms with Crippen molar-refractivity contribution in [3.63, 3.8) is 0 Å². The zero-order valence-corrected chi connectivity index (χ0v) is 8.95. The predicted molar refractivity (Wildman–Crippen MR) is 55.0 cm³/mol. The molecule has 0 spiro atoms. The Morgan fingerprint density at radius 2 is 2.36 bits per heavy atom. The van der Waals surface area contributed by atoms with Crippen LogP contribution in [0.25, 0.3) is 0 Å². The molecule has 0 aromatic carbocycles. The molecule has 0 saturated carbocycles. The first-order valence-corrected chi connectivity index (χ1v) is 4.80. The molecule has 4 nitrogen and oxygen atoms in total. The molecule has 1 atom stereocenters. The van der Waals surface area contributed by atoms with E-state index >= 15 is 0 Å². The van der Waals surface area contributed by atoms with Gasteiger partial charge in [-0.1, -0.05) is 13.3 Å². The van der Waals surface area contributed by atoms with Gasteiger partial charge in [0.2, 0.25) is 5.78 Å². The molecule has 1 heterocycles. The highest BCUT2D eigenvalue weighted by molar-refractivity contribution is 6.00. The molecule has 0 bridgehead atoms. The van der Waals surface area contributed by atoms with E-state index in [0.717, 1.165) is 6.42 Å². The molecule has 14 heavy (non-hydrogen) atoms. The summed E-state index contributed by atoms with van der Waals surface area (Å²) in [6.07, 6.45) is 4.92. The molecule has 1 rings (SSSR count). The van der Waals surface area contributed by atoms with Crippen molar-refractivity contribution in [2.75, 3.05) is 0 Å². The summed E-state index contributed by atoms with van der Waals surface area (Å²) in [5.41, 5.74) is 5.13. The van der Waals surface area contributed by atoms with Crippen molar-refractivity contribution < 1.29 is 4.79 Å². The maximum Gasteiger partial charge on any atom is 0.217 e. The highest BCUT2D eigenvalue weighted by Gasteiger charge is 2.30. The van der Waals surface area contributed by atoms with E-state index in [1.807, 2.05) is 6.92 Å². The molecule has 1 aromatic heterocycles. The Morgan fingerprint density at radius 1 is 1.71 bits per heavy atom. The smallest absolute Gasteiger partial charge is 0.217 e. The highest BCUT2D eigenvalue weighted by Crippen LogP contribution is 2.14. The van der Waals surface area contributed by atoms with Gasteiger partial charge in [0.1, 0.15) is 0 Å². The number of hydrogen-bond acceptors (Lipinski definition) is 3. The summed E-state index contributed by atoms with van der Waals surface area (Å²) in [6.45, 7) is 3.77. The Morgan fingerprint density at radius 3 is 2.79 bits per heavy atom. The van der Waals surface area contributed by atoms with Crippen molar-refractivity contribution in [1.82, 2.24) is 9.55 Å². The highest BCUT2D eigenvalue weighted by atomic mass is 16.1. The summed E-state index contributed by atoms with van der Waals surface area (Å²) in [5, 5.41) is 0. The first-order valence-electron chi connectivity index (χ1n) is 4.80. The number of nitrogens with two attached hydrogens (primary N) is 1. The molecule has 1 aromatic rings. The number of nitrogens with zero attached hydrogens (tertiary/aromatic N) is 2.